The number of carbonyl (C=O) groups is 1. The van der Waals surface area contributed by atoms with Crippen molar-refractivity contribution in [1.29, 1.82) is 0 Å². The minimum Gasteiger partial charge on any atom is -0.494 e. The number of carbonyl (C=O) groups excluding carboxylic acids is 1. The average molecular weight is 303 g/mol. The van der Waals surface area contributed by atoms with Gasteiger partial charge in [-0.2, -0.15) is 0 Å². The second kappa shape index (κ2) is 7.04. The van der Waals surface area contributed by atoms with Crippen molar-refractivity contribution < 1.29 is 18.7 Å². The van der Waals surface area contributed by atoms with E-state index in [4.69, 9.17) is 9.47 Å². The van der Waals surface area contributed by atoms with Crippen LogP contribution in [0.5, 0.6) is 5.75 Å². The van der Waals surface area contributed by atoms with Crippen LogP contribution in [0.3, 0.4) is 0 Å². The topological polar surface area (TPSA) is 38.8 Å². The van der Waals surface area contributed by atoms with E-state index in [0.717, 1.165) is 5.56 Å². The fraction of sp³-hybridized carbons (Fsp3) is 0.235. The number of nitrogens with zero attached hydrogens (tertiary/aromatic N) is 1. The summed E-state index contributed by atoms with van der Waals surface area (Å²) in [6.45, 7) is 0.440. The highest BCUT2D eigenvalue weighted by atomic mass is 19.1. The number of amides is 1. The summed E-state index contributed by atoms with van der Waals surface area (Å²) in [6.07, 6.45) is 0. The molecule has 0 atom stereocenters. The molecule has 0 unspecified atom stereocenters. The second-order valence-corrected chi connectivity index (χ2v) is 4.82. The van der Waals surface area contributed by atoms with Crippen molar-refractivity contribution in [3.63, 3.8) is 0 Å². The lowest BCUT2D eigenvalue weighted by atomic mass is 10.1. The Balaban J connectivity index is 2.27. The quantitative estimate of drug-likeness (QED) is 0.851. The third-order valence-corrected chi connectivity index (χ3v) is 3.31. The monoisotopic (exact) mass is 303 g/mol. The average Bonchev–Trinajstić information content (AvgIpc) is 2.54. The van der Waals surface area contributed by atoms with Gasteiger partial charge in [0.25, 0.3) is 5.91 Å². The molecule has 0 radical (unpaired) electrons. The Kier molecular flexibility index (Phi) is 5.12. The van der Waals surface area contributed by atoms with Crippen molar-refractivity contribution in [2.24, 2.45) is 0 Å². The molecule has 0 N–H and O–H groups in total. The molecule has 1 amide bonds. The first kappa shape index (κ1) is 16.0. The molecule has 2 aromatic carbocycles. The number of rotatable bonds is 5. The van der Waals surface area contributed by atoms with Crippen LogP contribution in [0.15, 0.2) is 42.5 Å². The van der Waals surface area contributed by atoms with Crippen LogP contribution in [0.4, 0.5) is 10.1 Å². The number of methoxy groups -OCH3 is 2. The minimum atomic E-state index is -0.464. The summed E-state index contributed by atoms with van der Waals surface area (Å²) in [6, 6.07) is 11.5. The summed E-state index contributed by atoms with van der Waals surface area (Å²) < 4.78 is 23.5. The molecule has 0 heterocycles. The Morgan fingerprint density at radius 3 is 2.64 bits per heavy atom. The molecule has 0 spiro atoms. The van der Waals surface area contributed by atoms with Gasteiger partial charge < -0.3 is 14.4 Å². The maximum absolute atomic E-state index is 13.5. The Bertz CT molecular complexity index is 673. The predicted octanol–water partition coefficient (Wildman–Crippen LogP) is 3.26. The van der Waals surface area contributed by atoms with Gasteiger partial charge in [-0.25, -0.2) is 4.39 Å². The Morgan fingerprint density at radius 1 is 1.18 bits per heavy atom. The molecule has 0 aliphatic carbocycles. The Morgan fingerprint density at radius 2 is 1.95 bits per heavy atom. The molecule has 0 saturated carbocycles. The molecule has 2 aromatic rings. The lowest BCUT2D eigenvalue weighted by Gasteiger charge is -2.18. The van der Waals surface area contributed by atoms with Crippen LogP contribution in [-0.2, 0) is 11.3 Å². The third kappa shape index (κ3) is 3.43. The second-order valence-electron chi connectivity index (χ2n) is 4.82. The van der Waals surface area contributed by atoms with Gasteiger partial charge in [0, 0.05) is 31.5 Å². The molecule has 116 valence electrons. The van der Waals surface area contributed by atoms with Crippen molar-refractivity contribution in [2.75, 3.05) is 26.2 Å². The van der Waals surface area contributed by atoms with Crippen LogP contribution < -0.4 is 9.64 Å². The Labute approximate surface area is 129 Å². The standard InChI is InChI=1S/C17H18FNO3/c1-19(14-7-8-15(18)16(10-14)22-3)17(20)13-6-4-5-12(9-13)11-21-2/h4-10H,11H2,1-3H3. The van der Waals surface area contributed by atoms with Crippen molar-refractivity contribution in [3.05, 3.63) is 59.4 Å². The summed E-state index contributed by atoms with van der Waals surface area (Å²) in [5.41, 5.74) is 2.01. The number of ether oxygens (including phenoxy) is 2. The molecule has 2 rings (SSSR count). The first-order valence-corrected chi connectivity index (χ1v) is 6.76. The maximum atomic E-state index is 13.5. The SMILES string of the molecule is COCc1cccc(C(=O)N(C)c2ccc(F)c(OC)c2)c1. The zero-order chi connectivity index (χ0) is 16.1. The summed E-state index contributed by atoms with van der Waals surface area (Å²) in [5, 5.41) is 0. The normalized spacial score (nSPS) is 10.4. The van der Waals surface area contributed by atoms with Gasteiger partial charge in [-0.05, 0) is 29.8 Å². The number of hydrogen-bond donors (Lipinski definition) is 0. The van der Waals surface area contributed by atoms with Gasteiger partial charge in [-0.15, -0.1) is 0 Å². The van der Waals surface area contributed by atoms with E-state index >= 15 is 0 Å². The highest BCUT2D eigenvalue weighted by molar-refractivity contribution is 6.05. The minimum absolute atomic E-state index is 0.102. The summed E-state index contributed by atoms with van der Waals surface area (Å²) >= 11 is 0. The zero-order valence-corrected chi connectivity index (χ0v) is 12.8. The Hall–Kier alpha value is -2.40. The lowest BCUT2D eigenvalue weighted by molar-refractivity contribution is 0.0992. The van der Waals surface area contributed by atoms with Crippen LogP contribution in [0, 0.1) is 5.82 Å². The number of benzene rings is 2. The largest absolute Gasteiger partial charge is 0.494 e. The zero-order valence-electron chi connectivity index (χ0n) is 12.8. The molecule has 0 saturated heterocycles. The summed E-state index contributed by atoms with van der Waals surface area (Å²) in [4.78, 5) is 14.0. The van der Waals surface area contributed by atoms with Gasteiger partial charge in [0.15, 0.2) is 11.6 Å². The van der Waals surface area contributed by atoms with Crippen LogP contribution in [-0.4, -0.2) is 27.2 Å². The van der Waals surface area contributed by atoms with Crippen molar-refractivity contribution in [2.45, 2.75) is 6.61 Å². The van der Waals surface area contributed by atoms with E-state index < -0.39 is 5.82 Å². The molecule has 22 heavy (non-hydrogen) atoms. The van der Waals surface area contributed by atoms with Gasteiger partial charge in [0.05, 0.1) is 13.7 Å². The van der Waals surface area contributed by atoms with Crippen LogP contribution in [0.2, 0.25) is 0 Å². The van der Waals surface area contributed by atoms with Gasteiger partial charge in [0.1, 0.15) is 0 Å². The molecule has 0 aliphatic rings. The molecular weight excluding hydrogens is 285 g/mol. The first-order valence-electron chi connectivity index (χ1n) is 6.76. The molecule has 0 fully saturated rings. The molecule has 0 bridgehead atoms. The van der Waals surface area contributed by atoms with E-state index in [1.165, 1.54) is 30.2 Å². The van der Waals surface area contributed by atoms with Crippen LogP contribution >= 0.6 is 0 Å². The van der Waals surface area contributed by atoms with Gasteiger partial charge >= 0.3 is 0 Å². The molecule has 5 heteroatoms. The maximum Gasteiger partial charge on any atom is 0.258 e. The molecule has 4 nitrogen and oxygen atoms in total. The van der Waals surface area contributed by atoms with Crippen LogP contribution in [0.1, 0.15) is 15.9 Å². The van der Waals surface area contributed by atoms with E-state index in [2.05, 4.69) is 0 Å². The molecular formula is C17H18FNO3. The fourth-order valence-corrected chi connectivity index (χ4v) is 2.13. The van der Waals surface area contributed by atoms with Crippen LogP contribution in [0.25, 0.3) is 0 Å². The van der Waals surface area contributed by atoms with E-state index in [9.17, 15) is 9.18 Å². The fourth-order valence-electron chi connectivity index (χ4n) is 2.13. The third-order valence-electron chi connectivity index (χ3n) is 3.31. The highest BCUT2D eigenvalue weighted by Crippen LogP contribution is 2.24. The number of halogens is 1. The van der Waals surface area contributed by atoms with Crippen molar-refractivity contribution in [1.82, 2.24) is 0 Å². The smallest absolute Gasteiger partial charge is 0.258 e. The van der Waals surface area contributed by atoms with E-state index in [0.29, 0.717) is 17.9 Å². The van der Waals surface area contributed by atoms with Gasteiger partial charge in [-0.1, -0.05) is 12.1 Å². The lowest BCUT2D eigenvalue weighted by Crippen LogP contribution is -2.26. The highest BCUT2D eigenvalue weighted by Gasteiger charge is 2.15. The molecule has 0 aromatic heterocycles. The van der Waals surface area contributed by atoms with E-state index in [1.54, 1.807) is 32.4 Å². The summed E-state index contributed by atoms with van der Waals surface area (Å²) in [7, 11) is 4.63. The van der Waals surface area contributed by atoms with E-state index in [-0.39, 0.29) is 11.7 Å². The van der Waals surface area contributed by atoms with Crippen molar-refractivity contribution in [3.8, 4) is 5.75 Å². The van der Waals surface area contributed by atoms with Gasteiger partial charge in [-0.3, -0.25) is 4.79 Å². The molecule has 0 aliphatic heterocycles. The van der Waals surface area contributed by atoms with E-state index in [1.807, 2.05) is 6.07 Å². The van der Waals surface area contributed by atoms with Gasteiger partial charge in [0.2, 0.25) is 0 Å². The first-order chi connectivity index (χ1) is 10.6. The van der Waals surface area contributed by atoms with Crippen molar-refractivity contribution >= 4 is 11.6 Å². The number of hydrogen-bond acceptors (Lipinski definition) is 3. The number of anilines is 1. The predicted molar refractivity (Wildman–Crippen MR) is 82.8 cm³/mol. The summed E-state index contributed by atoms with van der Waals surface area (Å²) in [5.74, 6) is -0.550.